The minimum Gasteiger partial charge on any atom is -0.389 e. The molecule has 6 nitrogen and oxygen atoms in total. The predicted octanol–water partition coefficient (Wildman–Crippen LogP) is 1.61. The number of rotatable bonds is 3. The van der Waals surface area contributed by atoms with Crippen LogP contribution >= 0.6 is 0 Å². The molecule has 2 aliphatic carbocycles. The molecule has 2 amide bonds. The van der Waals surface area contributed by atoms with Crippen LogP contribution in [0.3, 0.4) is 0 Å². The van der Waals surface area contributed by atoms with Crippen molar-refractivity contribution in [3.8, 4) is 0 Å². The van der Waals surface area contributed by atoms with Crippen LogP contribution in [0.25, 0.3) is 0 Å². The van der Waals surface area contributed by atoms with Gasteiger partial charge in [-0.05, 0) is 38.5 Å². The lowest BCUT2D eigenvalue weighted by molar-refractivity contribution is -0.141. The second kappa shape index (κ2) is 5.90. The minimum atomic E-state index is -0.321. The third-order valence-corrected chi connectivity index (χ3v) is 5.98. The molecule has 0 aromatic heterocycles. The van der Waals surface area contributed by atoms with Gasteiger partial charge in [0.15, 0.2) is 11.8 Å². The van der Waals surface area contributed by atoms with E-state index in [1.54, 1.807) is 0 Å². The summed E-state index contributed by atoms with van der Waals surface area (Å²) in [7, 11) is 0. The first-order valence-corrected chi connectivity index (χ1v) is 9.06. The Morgan fingerprint density at radius 3 is 2.83 bits per heavy atom. The maximum Gasteiger partial charge on any atom is 0.269 e. The first-order chi connectivity index (χ1) is 11.6. The van der Waals surface area contributed by atoms with Gasteiger partial charge >= 0.3 is 0 Å². The number of nitrogens with one attached hydrogen (secondary N) is 1. The molecule has 2 fully saturated rings. The zero-order valence-electron chi connectivity index (χ0n) is 14.2. The zero-order chi connectivity index (χ0) is 16.7. The highest BCUT2D eigenvalue weighted by atomic mass is 16.6. The second-order valence-electron chi connectivity index (χ2n) is 7.81. The molecule has 0 bridgehead atoms. The van der Waals surface area contributed by atoms with Crippen molar-refractivity contribution in [1.82, 2.24) is 10.2 Å². The molecule has 4 rings (SSSR count). The molecule has 3 atom stereocenters. The normalized spacial score (nSPS) is 35.0. The van der Waals surface area contributed by atoms with E-state index in [0.29, 0.717) is 18.8 Å². The van der Waals surface area contributed by atoms with Crippen molar-refractivity contribution in [2.24, 2.45) is 16.5 Å². The summed E-state index contributed by atoms with van der Waals surface area (Å²) in [6.07, 6.45) is 9.99. The lowest BCUT2D eigenvalue weighted by atomic mass is 9.78. The topological polar surface area (TPSA) is 71.0 Å². The van der Waals surface area contributed by atoms with Gasteiger partial charge in [-0.25, -0.2) is 0 Å². The highest BCUT2D eigenvalue weighted by Gasteiger charge is 2.49. The quantitative estimate of drug-likeness (QED) is 0.799. The fourth-order valence-electron chi connectivity index (χ4n) is 4.06. The zero-order valence-corrected chi connectivity index (χ0v) is 14.2. The van der Waals surface area contributed by atoms with E-state index < -0.39 is 0 Å². The van der Waals surface area contributed by atoms with Gasteiger partial charge in [-0.3, -0.25) is 9.59 Å². The van der Waals surface area contributed by atoms with Crippen LogP contribution in [0.1, 0.15) is 45.4 Å². The molecule has 2 aliphatic heterocycles. The van der Waals surface area contributed by atoms with Gasteiger partial charge in [-0.2, -0.15) is 0 Å². The third kappa shape index (κ3) is 2.62. The highest BCUT2D eigenvalue weighted by molar-refractivity contribution is 6.40. The number of oxime groups is 1. The third-order valence-electron chi connectivity index (χ3n) is 5.98. The van der Waals surface area contributed by atoms with E-state index in [2.05, 4.69) is 22.6 Å². The molecule has 1 saturated carbocycles. The molecule has 0 aromatic rings. The fraction of sp³-hybridized carbons (Fsp3) is 0.722. The van der Waals surface area contributed by atoms with Crippen LogP contribution in [0.2, 0.25) is 0 Å². The van der Waals surface area contributed by atoms with E-state index in [1.165, 1.54) is 6.42 Å². The molecule has 2 heterocycles. The summed E-state index contributed by atoms with van der Waals surface area (Å²) in [4.78, 5) is 32.7. The van der Waals surface area contributed by atoms with Gasteiger partial charge < -0.3 is 15.1 Å². The van der Waals surface area contributed by atoms with Gasteiger partial charge in [-0.1, -0.05) is 24.2 Å². The number of hydrogen-bond donors (Lipinski definition) is 1. The second-order valence-corrected chi connectivity index (χ2v) is 7.81. The van der Waals surface area contributed by atoms with Gasteiger partial charge in [0.2, 0.25) is 5.91 Å². The maximum atomic E-state index is 13.0. The minimum absolute atomic E-state index is 0.0863. The molecule has 0 spiro atoms. The lowest BCUT2D eigenvalue weighted by Crippen LogP contribution is -2.46. The van der Waals surface area contributed by atoms with Gasteiger partial charge in [0.1, 0.15) is 0 Å². The van der Waals surface area contributed by atoms with E-state index in [0.717, 1.165) is 32.1 Å². The summed E-state index contributed by atoms with van der Waals surface area (Å²) in [5, 5.41) is 7.03. The van der Waals surface area contributed by atoms with E-state index in [4.69, 9.17) is 4.84 Å². The molecule has 6 heteroatoms. The van der Waals surface area contributed by atoms with Crippen LogP contribution < -0.4 is 5.32 Å². The van der Waals surface area contributed by atoms with Crippen molar-refractivity contribution >= 4 is 17.5 Å². The summed E-state index contributed by atoms with van der Waals surface area (Å²) in [5.74, 6) is -0.0197. The Morgan fingerprint density at radius 2 is 2.17 bits per heavy atom. The Kier molecular flexibility index (Phi) is 3.85. The highest BCUT2D eigenvalue weighted by Crippen LogP contribution is 2.37. The standard InChI is InChI=1S/C18H25N3O3/c1-18(8-3-2-4-9-18)17(23)21-10-13-14(11-21)24-20-15(13)16(22)19-12-6-5-7-12/h2-3,12-14H,4-11H2,1H3,(H,19,22)/t13-,14+,18?/m0/s1. The molecular weight excluding hydrogens is 306 g/mol. The molecule has 1 unspecified atom stereocenters. The number of fused-ring (bicyclic) bond motifs is 1. The van der Waals surface area contributed by atoms with E-state index in [9.17, 15) is 9.59 Å². The van der Waals surface area contributed by atoms with Gasteiger partial charge in [-0.15, -0.1) is 0 Å². The van der Waals surface area contributed by atoms with Crippen LogP contribution in [-0.2, 0) is 14.4 Å². The van der Waals surface area contributed by atoms with Crippen molar-refractivity contribution in [2.45, 2.75) is 57.6 Å². The predicted molar refractivity (Wildman–Crippen MR) is 89.3 cm³/mol. The van der Waals surface area contributed by atoms with Crippen molar-refractivity contribution in [3.63, 3.8) is 0 Å². The molecule has 4 aliphatic rings. The monoisotopic (exact) mass is 331 g/mol. The molecule has 0 radical (unpaired) electrons. The van der Waals surface area contributed by atoms with E-state index in [1.807, 2.05) is 11.8 Å². The van der Waals surface area contributed by atoms with E-state index in [-0.39, 0.29) is 35.3 Å². The maximum absolute atomic E-state index is 13.0. The van der Waals surface area contributed by atoms with Crippen LogP contribution in [0, 0.1) is 11.3 Å². The van der Waals surface area contributed by atoms with Crippen molar-refractivity contribution in [2.75, 3.05) is 13.1 Å². The smallest absolute Gasteiger partial charge is 0.269 e. The Labute approximate surface area is 142 Å². The number of hydrogen-bond acceptors (Lipinski definition) is 4. The number of amides is 2. The van der Waals surface area contributed by atoms with Crippen LogP contribution in [0.5, 0.6) is 0 Å². The van der Waals surface area contributed by atoms with E-state index >= 15 is 0 Å². The molecule has 1 saturated heterocycles. The summed E-state index contributed by atoms with van der Waals surface area (Å²) in [5.41, 5.74) is 0.148. The van der Waals surface area contributed by atoms with Crippen LogP contribution in [-0.4, -0.2) is 47.7 Å². The number of carbonyl (C=O) groups excluding carboxylic acids is 2. The largest absolute Gasteiger partial charge is 0.389 e. The van der Waals surface area contributed by atoms with Gasteiger partial charge in [0.25, 0.3) is 5.91 Å². The van der Waals surface area contributed by atoms with Crippen molar-refractivity contribution in [1.29, 1.82) is 0 Å². The first-order valence-electron chi connectivity index (χ1n) is 9.06. The molecule has 130 valence electrons. The molecule has 24 heavy (non-hydrogen) atoms. The number of allylic oxidation sites excluding steroid dienone is 2. The fourth-order valence-corrected chi connectivity index (χ4v) is 4.06. The number of likely N-dealkylation sites (tertiary alicyclic amines) is 1. The van der Waals surface area contributed by atoms with Crippen molar-refractivity contribution < 1.29 is 14.4 Å². The van der Waals surface area contributed by atoms with Crippen molar-refractivity contribution in [3.05, 3.63) is 12.2 Å². The van der Waals surface area contributed by atoms with Gasteiger partial charge in [0, 0.05) is 12.6 Å². The first kappa shape index (κ1) is 15.7. The Morgan fingerprint density at radius 1 is 1.33 bits per heavy atom. The molecular formula is C18H25N3O3. The Balaban J connectivity index is 1.40. The molecule has 1 N–H and O–H groups in total. The summed E-state index contributed by atoms with van der Waals surface area (Å²) < 4.78 is 0. The molecule has 0 aromatic carbocycles. The van der Waals surface area contributed by atoms with Gasteiger partial charge in [0.05, 0.1) is 17.9 Å². The average molecular weight is 331 g/mol. The number of nitrogens with zero attached hydrogens (tertiary/aromatic N) is 2. The lowest BCUT2D eigenvalue weighted by Gasteiger charge is -2.33. The Hall–Kier alpha value is -1.85. The average Bonchev–Trinajstić information content (AvgIpc) is 3.11. The summed E-state index contributed by atoms with van der Waals surface area (Å²) in [6.45, 7) is 3.12. The van der Waals surface area contributed by atoms with Crippen LogP contribution in [0.4, 0.5) is 0 Å². The van der Waals surface area contributed by atoms with Crippen LogP contribution in [0.15, 0.2) is 17.3 Å². The summed E-state index contributed by atoms with van der Waals surface area (Å²) >= 11 is 0. The summed E-state index contributed by atoms with van der Waals surface area (Å²) in [6, 6.07) is 0.284. The number of carbonyl (C=O) groups is 2. The Bertz CT molecular complexity index is 611. The SMILES string of the molecule is CC1(C(=O)N2C[C@@H]3C(C(=O)NC4CCC4)=NO[C@@H]3C2)CC=CCC1.